The van der Waals surface area contributed by atoms with Gasteiger partial charge in [0.05, 0.1) is 12.7 Å². The smallest absolute Gasteiger partial charge is 0.0914 e. The number of hydrogen-bond acceptors (Lipinski definition) is 3. The summed E-state index contributed by atoms with van der Waals surface area (Å²) >= 11 is 0. The van der Waals surface area contributed by atoms with Crippen LogP contribution in [-0.4, -0.2) is 30.9 Å². The molecular formula is C17H29NO2. The molecule has 0 aliphatic carbocycles. The summed E-state index contributed by atoms with van der Waals surface area (Å²) in [5, 5.41) is 13.5. The highest BCUT2D eigenvalue weighted by Gasteiger charge is 2.15. The van der Waals surface area contributed by atoms with E-state index >= 15 is 0 Å². The van der Waals surface area contributed by atoms with E-state index in [1.54, 1.807) is 0 Å². The van der Waals surface area contributed by atoms with E-state index in [2.05, 4.69) is 45.1 Å². The van der Waals surface area contributed by atoms with Crippen molar-refractivity contribution in [2.24, 2.45) is 0 Å². The zero-order chi connectivity index (χ0) is 15.2. The first-order chi connectivity index (χ1) is 9.34. The minimum absolute atomic E-state index is 0.147. The molecule has 20 heavy (non-hydrogen) atoms. The Morgan fingerprint density at radius 2 is 1.80 bits per heavy atom. The quantitative estimate of drug-likeness (QED) is 0.806. The number of rotatable bonds is 7. The van der Waals surface area contributed by atoms with Crippen molar-refractivity contribution in [2.45, 2.75) is 52.2 Å². The third-order valence-electron chi connectivity index (χ3n) is 3.39. The number of benzene rings is 1. The van der Waals surface area contributed by atoms with Crippen LogP contribution in [0.2, 0.25) is 0 Å². The fraction of sp³-hybridized carbons (Fsp3) is 0.647. The van der Waals surface area contributed by atoms with Gasteiger partial charge >= 0.3 is 0 Å². The lowest BCUT2D eigenvalue weighted by atomic mass is 9.86. The Morgan fingerprint density at radius 3 is 2.30 bits per heavy atom. The van der Waals surface area contributed by atoms with Gasteiger partial charge in [0.15, 0.2) is 0 Å². The van der Waals surface area contributed by atoms with Crippen LogP contribution in [0, 0.1) is 0 Å². The molecule has 0 radical (unpaired) electrons. The molecule has 114 valence electrons. The third-order valence-corrected chi connectivity index (χ3v) is 3.39. The van der Waals surface area contributed by atoms with Crippen LogP contribution in [0.25, 0.3) is 0 Å². The zero-order valence-electron chi connectivity index (χ0n) is 13.4. The van der Waals surface area contributed by atoms with Crippen LogP contribution >= 0.6 is 0 Å². The van der Waals surface area contributed by atoms with Crippen LogP contribution in [0.3, 0.4) is 0 Å². The van der Waals surface area contributed by atoms with Crippen LogP contribution in [0.1, 0.15) is 51.8 Å². The lowest BCUT2D eigenvalue weighted by Gasteiger charge is -2.21. The van der Waals surface area contributed by atoms with E-state index in [-0.39, 0.29) is 11.5 Å². The van der Waals surface area contributed by atoms with Crippen LogP contribution in [0.4, 0.5) is 0 Å². The highest BCUT2D eigenvalue weighted by atomic mass is 16.5. The molecule has 0 aliphatic rings. The number of ether oxygens (including phenoxy) is 1. The standard InChI is InChI=1S/C17H29NO2/c1-6-20-12-13(2)18-11-16(19)14-7-9-15(10-8-14)17(3,4)5/h7-10,13,16,18-19H,6,11-12H2,1-5H3. The maximum atomic E-state index is 10.2. The van der Waals surface area contributed by atoms with Gasteiger partial charge in [-0.25, -0.2) is 0 Å². The maximum absolute atomic E-state index is 10.2. The normalized spacial score (nSPS) is 15.1. The molecule has 0 aliphatic heterocycles. The van der Waals surface area contributed by atoms with Crippen molar-refractivity contribution >= 4 is 0 Å². The van der Waals surface area contributed by atoms with E-state index in [1.165, 1.54) is 5.56 Å². The Balaban J connectivity index is 2.49. The molecule has 0 saturated heterocycles. The number of hydrogen-bond donors (Lipinski definition) is 2. The topological polar surface area (TPSA) is 41.5 Å². The predicted molar refractivity (Wildman–Crippen MR) is 84.1 cm³/mol. The van der Waals surface area contributed by atoms with Gasteiger partial charge in [-0.3, -0.25) is 0 Å². The fourth-order valence-electron chi connectivity index (χ4n) is 1.99. The summed E-state index contributed by atoms with van der Waals surface area (Å²) in [6, 6.07) is 8.48. The summed E-state index contributed by atoms with van der Waals surface area (Å²) in [5.41, 5.74) is 2.38. The second-order valence-corrected chi connectivity index (χ2v) is 6.36. The monoisotopic (exact) mass is 279 g/mol. The number of aliphatic hydroxyl groups is 1. The summed E-state index contributed by atoms with van der Waals surface area (Å²) in [6.07, 6.45) is -0.479. The van der Waals surface area contributed by atoms with Crippen LogP contribution in [0.5, 0.6) is 0 Å². The average Bonchev–Trinajstić information content (AvgIpc) is 2.41. The molecule has 1 aromatic rings. The highest BCUT2D eigenvalue weighted by Crippen LogP contribution is 2.23. The van der Waals surface area contributed by atoms with Crippen LogP contribution in [0.15, 0.2) is 24.3 Å². The molecule has 0 heterocycles. The van der Waals surface area contributed by atoms with Crippen molar-refractivity contribution in [3.05, 3.63) is 35.4 Å². The molecule has 2 atom stereocenters. The zero-order valence-corrected chi connectivity index (χ0v) is 13.4. The van der Waals surface area contributed by atoms with Crippen molar-refractivity contribution in [2.75, 3.05) is 19.8 Å². The van der Waals surface area contributed by atoms with Crippen molar-refractivity contribution in [3.63, 3.8) is 0 Å². The summed E-state index contributed by atoms with van der Waals surface area (Å²) in [6.45, 7) is 12.6. The van der Waals surface area contributed by atoms with E-state index in [1.807, 2.05) is 19.1 Å². The van der Waals surface area contributed by atoms with Gasteiger partial charge in [-0.2, -0.15) is 0 Å². The van der Waals surface area contributed by atoms with E-state index < -0.39 is 6.10 Å². The second-order valence-electron chi connectivity index (χ2n) is 6.36. The van der Waals surface area contributed by atoms with E-state index in [0.29, 0.717) is 13.2 Å². The second kappa shape index (κ2) is 7.77. The van der Waals surface area contributed by atoms with Gasteiger partial charge in [0.1, 0.15) is 0 Å². The Labute approximate surface area is 123 Å². The molecule has 1 rings (SSSR count). The molecule has 2 N–H and O–H groups in total. The molecule has 0 saturated carbocycles. The van der Waals surface area contributed by atoms with Crippen molar-refractivity contribution in [3.8, 4) is 0 Å². The Bertz CT molecular complexity index is 381. The first-order valence-electron chi connectivity index (χ1n) is 7.44. The molecule has 0 spiro atoms. The van der Waals surface area contributed by atoms with Gasteiger partial charge in [0.25, 0.3) is 0 Å². The molecule has 1 aromatic carbocycles. The Kier molecular flexibility index (Phi) is 6.66. The number of aliphatic hydroxyl groups excluding tert-OH is 1. The van der Waals surface area contributed by atoms with Gasteiger partial charge in [0, 0.05) is 19.2 Å². The van der Waals surface area contributed by atoms with Gasteiger partial charge in [-0.05, 0) is 30.4 Å². The van der Waals surface area contributed by atoms with E-state index in [9.17, 15) is 5.11 Å². The summed E-state index contributed by atoms with van der Waals surface area (Å²) in [7, 11) is 0. The van der Waals surface area contributed by atoms with Gasteiger partial charge in [-0.15, -0.1) is 0 Å². The molecule has 3 nitrogen and oxygen atoms in total. The van der Waals surface area contributed by atoms with Crippen molar-refractivity contribution in [1.82, 2.24) is 5.32 Å². The lowest BCUT2D eigenvalue weighted by Crippen LogP contribution is -2.34. The van der Waals surface area contributed by atoms with Crippen molar-refractivity contribution in [1.29, 1.82) is 0 Å². The van der Waals surface area contributed by atoms with E-state index in [0.717, 1.165) is 12.2 Å². The fourth-order valence-corrected chi connectivity index (χ4v) is 1.99. The SMILES string of the molecule is CCOCC(C)NCC(O)c1ccc(C(C)(C)C)cc1. The molecule has 3 heteroatoms. The van der Waals surface area contributed by atoms with Gasteiger partial charge in [-0.1, -0.05) is 45.0 Å². The summed E-state index contributed by atoms with van der Waals surface area (Å²) < 4.78 is 5.34. The molecular weight excluding hydrogens is 250 g/mol. The summed E-state index contributed by atoms with van der Waals surface area (Å²) in [4.78, 5) is 0. The first kappa shape index (κ1) is 17.2. The van der Waals surface area contributed by atoms with Crippen LogP contribution < -0.4 is 5.32 Å². The molecule has 0 amide bonds. The number of nitrogens with one attached hydrogen (secondary N) is 1. The maximum Gasteiger partial charge on any atom is 0.0914 e. The van der Waals surface area contributed by atoms with Gasteiger partial charge < -0.3 is 15.2 Å². The van der Waals surface area contributed by atoms with Crippen molar-refractivity contribution < 1.29 is 9.84 Å². The minimum atomic E-state index is -0.479. The molecule has 2 unspecified atom stereocenters. The van der Waals surface area contributed by atoms with Gasteiger partial charge in [0.2, 0.25) is 0 Å². The lowest BCUT2D eigenvalue weighted by molar-refractivity contribution is 0.116. The van der Waals surface area contributed by atoms with E-state index in [4.69, 9.17) is 4.74 Å². The largest absolute Gasteiger partial charge is 0.387 e. The Morgan fingerprint density at radius 1 is 1.20 bits per heavy atom. The molecule has 0 bridgehead atoms. The molecule has 0 aromatic heterocycles. The predicted octanol–water partition coefficient (Wildman–Crippen LogP) is 3.03. The molecule has 0 fully saturated rings. The third kappa shape index (κ3) is 5.61. The average molecular weight is 279 g/mol. The Hall–Kier alpha value is -0.900. The first-order valence-corrected chi connectivity index (χ1v) is 7.44. The summed E-state index contributed by atoms with van der Waals surface area (Å²) in [5.74, 6) is 0. The van der Waals surface area contributed by atoms with Crippen LogP contribution in [-0.2, 0) is 10.2 Å². The minimum Gasteiger partial charge on any atom is -0.387 e. The highest BCUT2D eigenvalue weighted by molar-refractivity contribution is 5.28.